The third-order valence-electron chi connectivity index (χ3n) is 4.18. The Morgan fingerprint density at radius 3 is 1.28 bits per heavy atom. The summed E-state index contributed by atoms with van der Waals surface area (Å²) in [5, 5.41) is 56.9. The van der Waals surface area contributed by atoms with E-state index in [2.05, 4.69) is 15.0 Å². The smallest absolute Gasteiger partial charge is 0.417 e. The summed E-state index contributed by atoms with van der Waals surface area (Å²) in [6.07, 6.45) is 0. The molecule has 1 aromatic heterocycles. The van der Waals surface area contributed by atoms with Crippen molar-refractivity contribution in [3.05, 3.63) is 105 Å². The highest BCUT2D eigenvalue weighted by Gasteiger charge is 2.76. The van der Waals surface area contributed by atoms with Gasteiger partial charge in [-0.15, -0.1) is 4.98 Å². The molecule has 0 aliphatic rings. The van der Waals surface area contributed by atoms with Crippen molar-refractivity contribution >= 4 is 11.4 Å². The van der Waals surface area contributed by atoms with Gasteiger partial charge in [-0.3, -0.25) is 50.6 Å². The van der Waals surface area contributed by atoms with Crippen LogP contribution in [0.3, 0.4) is 0 Å². The summed E-state index contributed by atoms with van der Waals surface area (Å²) in [5.74, 6) is -7.24. The summed E-state index contributed by atoms with van der Waals surface area (Å²) >= 11 is 0. The Balaban J connectivity index is 2.25. The van der Waals surface area contributed by atoms with E-state index in [4.69, 9.17) is 9.47 Å². The van der Waals surface area contributed by atoms with Crippen LogP contribution in [-0.4, -0.2) is 39.6 Å². The fourth-order valence-electron chi connectivity index (χ4n) is 2.61. The molecular weight excluding hydrogens is 496 g/mol. The number of hydrogen-bond donors (Lipinski definition) is 0. The largest absolute Gasteiger partial charge is 0.763 e. The first kappa shape index (κ1) is 24.7. The molecule has 0 saturated heterocycles. The van der Waals surface area contributed by atoms with Gasteiger partial charge in [0.15, 0.2) is 14.8 Å². The van der Waals surface area contributed by atoms with Gasteiger partial charge in [0.1, 0.15) is 0 Å². The Kier molecular flexibility index (Phi) is 6.51. The summed E-state index contributed by atoms with van der Waals surface area (Å²) in [6.45, 7) is 0. The number of benzene rings is 2. The topological polar surface area (TPSA) is 273 Å². The van der Waals surface area contributed by atoms with Gasteiger partial charge in [0.25, 0.3) is 0 Å². The highest BCUT2D eigenvalue weighted by atomic mass is 16.7. The lowest BCUT2D eigenvalue weighted by Gasteiger charge is -2.11. The number of nitro groups is 5. The first-order valence-corrected chi connectivity index (χ1v) is 9.01. The molecule has 20 heteroatoms. The molecular formula is C16H8N8O12. The van der Waals surface area contributed by atoms with E-state index in [1.165, 1.54) is 24.3 Å². The van der Waals surface area contributed by atoms with Crippen LogP contribution < -0.4 is 9.47 Å². The van der Waals surface area contributed by atoms with Crippen LogP contribution in [0.4, 0.5) is 11.4 Å². The maximum absolute atomic E-state index is 11.5. The summed E-state index contributed by atoms with van der Waals surface area (Å²) in [7, 11) is 0. The zero-order chi connectivity index (χ0) is 26.6. The second-order valence-corrected chi connectivity index (χ2v) is 6.28. The minimum Gasteiger partial charge on any atom is -0.417 e. The summed E-state index contributed by atoms with van der Waals surface area (Å²) in [6, 6.07) is 6.83. The van der Waals surface area contributed by atoms with E-state index in [0.29, 0.717) is 0 Å². The molecule has 20 nitrogen and oxygen atoms in total. The van der Waals surface area contributed by atoms with Crippen molar-refractivity contribution in [3.8, 4) is 23.5 Å². The third kappa shape index (κ3) is 4.43. The minimum absolute atomic E-state index is 0.565. The molecule has 36 heavy (non-hydrogen) atoms. The molecule has 0 N–H and O–H groups in total. The van der Waals surface area contributed by atoms with Crippen LogP contribution in [0.25, 0.3) is 0 Å². The minimum atomic E-state index is -4.38. The average Bonchev–Trinajstić information content (AvgIpc) is 2.79. The lowest BCUT2D eigenvalue weighted by molar-refractivity contribution is -0.987. The van der Waals surface area contributed by atoms with E-state index >= 15 is 0 Å². The van der Waals surface area contributed by atoms with E-state index in [9.17, 15) is 50.6 Å². The maximum Gasteiger partial charge on any atom is 0.763 e. The van der Waals surface area contributed by atoms with Gasteiger partial charge in [0, 0.05) is 12.1 Å². The average molecular weight is 504 g/mol. The Morgan fingerprint density at radius 1 is 0.583 bits per heavy atom. The molecule has 0 aliphatic carbocycles. The number of aromatic nitrogens is 3. The molecule has 184 valence electrons. The fourth-order valence-corrected chi connectivity index (χ4v) is 2.61. The second kappa shape index (κ2) is 9.50. The van der Waals surface area contributed by atoms with Crippen LogP contribution >= 0.6 is 0 Å². The lowest BCUT2D eigenvalue weighted by atomic mass is 10.3. The molecule has 0 aliphatic heterocycles. The molecule has 3 aromatic rings. The van der Waals surface area contributed by atoms with Crippen molar-refractivity contribution in [2.24, 2.45) is 0 Å². The monoisotopic (exact) mass is 504 g/mol. The van der Waals surface area contributed by atoms with Crippen LogP contribution in [0.5, 0.6) is 23.5 Å². The van der Waals surface area contributed by atoms with Crippen LogP contribution in [-0.2, 0) is 5.79 Å². The van der Waals surface area contributed by atoms with Crippen molar-refractivity contribution < 1.29 is 34.1 Å². The molecule has 2 aromatic carbocycles. The zero-order valence-corrected chi connectivity index (χ0v) is 17.1. The van der Waals surface area contributed by atoms with Gasteiger partial charge in [0.05, 0.1) is 9.85 Å². The standard InChI is InChI=1S/C16H8N8O12/c25-20(26)9-5-1-3-7-11(9)35-14-17-13(16(22(29)30,23(31)32)24(33)34)18-15(19-14)36-12-8-4-2-6-10(12)21(27)28/h1-8H. The first-order valence-electron chi connectivity index (χ1n) is 9.01. The highest BCUT2D eigenvalue weighted by Crippen LogP contribution is 2.34. The molecule has 3 rings (SSSR count). The van der Waals surface area contributed by atoms with E-state index in [0.717, 1.165) is 24.3 Å². The molecule has 0 radical (unpaired) electrons. The van der Waals surface area contributed by atoms with E-state index in [1.807, 2.05) is 0 Å². The van der Waals surface area contributed by atoms with E-state index in [-0.39, 0.29) is 0 Å². The van der Waals surface area contributed by atoms with E-state index < -0.39 is 71.1 Å². The predicted molar refractivity (Wildman–Crippen MR) is 109 cm³/mol. The van der Waals surface area contributed by atoms with Crippen LogP contribution in [0, 0.1) is 50.6 Å². The number of para-hydroxylation sites is 4. The predicted octanol–water partition coefficient (Wildman–Crippen LogP) is 2.21. The summed E-state index contributed by atoms with van der Waals surface area (Å²) in [5.41, 5.74) is -1.32. The van der Waals surface area contributed by atoms with Crippen molar-refractivity contribution in [2.75, 3.05) is 0 Å². The normalized spacial score (nSPS) is 10.8. The summed E-state index contributed by atoms with van der Waals surface area (Å²) in [4.78, 5) is 59.5. The van der Waals surface area contributed by atoms with Gasteiger partial charge >= 0.3 is 35.0 Å². The Hall–Kier alpha value is -5.95. The van der Waals surface area contributed by atoms with Gasteiger partial charge in [-0.1, -0.05) is 24.3 Å². The zero-order valence-electron chi connectivity index (χ0n) is 17.1. The Labute approximate surface area is 195 Å². The maximum atomic E-state index is 11.5. The van der Waals surface area contributed by atoms with Gasteiger partial charge < -0.3 is 9.47 Å². The van der Waals surface area contributed by atoms with Crippen LogP contribution in [0.1, 0.15) is 5.82 Å². The quantitative estimate of drug-likeness (QED) is 0.217. The fraction of sp³-hybridized carbons (Fsp3) is 0.0625. The molecule has 0 atom stereocenters. The Morgan fingerprint density at radius 2 is 0.944 bits per heavy atom. The van der Waals surface area contributed by atoms with Gasteiger partial charge in [0.2, 0.25) is 11.5 Å². The summed E-state index contributed by atoms with van der Waals surface area (Å²) < 4.78 is 10.2. The SMILES string of the molecule is O=[N+]([O-])c1ccccc1Oc1nc(Oc2ccccc2[N+](=O)[O-])nc(C([N+](=O)[O-])([N+](=O)[O-])[N+](=O)[O-])n1. The van der Waals surface area contributed by atoms with E-state index in [1.54, 1.807) is 0 Å². The second-order valence-electron chi connectivity index (χ2n) is 6.28. The van der Waals surface area contributed by atoms with Crippen molar-refractivity contribution in [1.82, 2.24) is 15.0 Å². The Bertz CT molecular complexity index is 1300. The molecule has 0 bridgehead atoms. The van der Waals surface area contributed by atoms with Crippen LogP contribution in [0.15, 0.2) is 48.5 Å². The van der Waals surface area contributed by atoms with Crippen LogP contribution in [0.2, 0.25) is 0 Å². The molecule has 0 unspecified atom stereocenters. The third-order valence-corrected chi connectivity index (χ3v) is 4.18. The number of rotatable bonds is 10. The van der Waals surface area contributed by atoms with Crippen molar-refractivity contribution in [2.45, 2.75) is 5.79 Å². The molecule has 0 spiro atoms. The molecule has 0 saturated carbocycles. The van der Waals surface area contributed by atoms with Crippen molar-refractivity contribution in [1.29, 1.82) is 0 Å². The van der Waals surface area contributed by atoms with Gasteiger partial charge in [-0.25, -0.2) is 0 Å². The first-order chi connectivity index (χ1) is 17.0. The highest BCUT2D eigenvalue weighted by molar-refractivity contribution is 5.48. The number of nitrogens with zero attached hydrogens (tertiary/aromatic N) is 8. The van der Waals surface area contributed by atoms with Crippen molar-refractivity contribution in [3.63, 3.8) is 0 Å². The number of nitro benzene ring substituents is 2. The molecule has 0 fully saturated rings. The van der Waals surface area contributed by atoms with Gasteiger partial charge in [-0.05, 0) is 12.1 Å². The number of hydrogen-bond acceptors (Lipinski definition) is 15. The van der Waals surface area contributed by atoms with Gasteiger partial charge in [-0.2, -0.15) is 9.97 Å². The molecule has 1 heterocycles. The number of ether oxygens (including phenoxy) is 2. The molecule has 0 amide bonds. The lowest BCUT2D eigenvalue weighted by Crippen LogP contribution is -2.51.